The average Bonchev–Trinajstić information content (AvgIpc) is 2.98. The fourth-order valence-corrected chi connectivity index (χ4v) is 3.18. The van der Waals surface area contributed by atoms with Crippen molar-refractivity contribution in [1.82, 2.24) is 0 Å². The Morgan fingerprint density at radius 1 is 1.53 bits per heavy atom. The molecule has 3 aliphatic rings. The zero-order chi connectivity index (χ0) is 13.8. The molecule has 0 saturated carbocycles. The van der Waals surface area contributed by atoms with Gasteiger partial charge in [-0.1, -0.05) is 18.2 Å². The molecule has 104 valence electrons. The Morgan fingerprint density at radius 2 is 2.26 bits per heavy atom. The van der Waals surface area contributed by atoms with Gasteiger partial charge in [0.15, 0.2) is 0 Å². The van der Waals surface area contributed by atoms with Gasteiger partial charge in [0.25, 0.3) is 0 Å². The summed E-state index contributed by atoms with van der Waals surface area (Å²) in [5.41, 5.74) is 1.18. The van der Waals surface area contributed by atoms with Crippen molar-refractivity contribution in [3.63, 3.8) is 0 Å². The smallest absolute Gasteiger partial charge is 0.334 e. The van der Waals surface area contributed by atoms with E-state index in [1.54, 1.807) is 0 Å². The molecule has 0 radical (unpaired) electrons. The van der Waals surface area contributed by atoms with Gasteiger partial charge < -0.3 is 14.6 Å². The van der Waals surface area contributed by atoms with Gasteiger partial charge in [0.1, 0.15) is 17.8 Å². The Balaban J connectivity index is 1.91. The van der Waals surface area contributed by atoms with Crippen LogP contribution < -0.4 is 0 Å². The standard InChI is InChI=1S/C15H20O4/c1-8-4-6-10-9(2)14(17)18-12(10)13-15(3,19-13)11(16)7-5-8/h5,10-13,16H,2,4,6-7H2,1,3H3/b8-5+/t10-,11-,12?,13+,15+/m0/s1. The van der Waals surface area contributed by atoms with Crippen molar-refractivity contribution >= 4 is 5.97 Å². The van der Waals surface area contributed by atoms with E-state index in [0.717, 1.165) is 12.8 Å². The van der Waals surface area contributed by atoms with E-state index >= 15 is 0 Å². The van der Waals surface area contributed by atoms with Crippen LogP contribution in [0, 0.1) is 5.92 Å². The van der Waals surface area contributed by atoms with E-state index in [2.05, 4.69) is 19.6 Å². The number of aliphatic hydroxyl groups excluding tert-OH is 1. The lowest BCUT2D eigenvalue weighted by molar-refractivity contribution is -0.140. The van der Waals surface area contributed by atoms with Gasteiger partial charge in [-0.3, -0.25) is 0 Å². The number of aliphatic hydroxyl groups is 1. The summed E-state index contributed by atoms with van der Waals surface area (Å²) >= 11 is 0. The van der Waals surface area contributed by atoms with Crippen molar-refractivity contribution in [2.24, 2.45) is 5.92 Å². The Labute approximate surface area is 113 Å². The van der Waals surface area contributed by atoms with Gasteiger partial charge in [-0.2, -0.15) is 0 Å². The second kappa shape index (κ2) is 4.18. The quantitative estimate of drug-likeness (QED) is 0.313. The molecular weight excluding hydrogens is 244 g/mol. The van der Waals surface area contributed by atoms with E-state index in [9.17, 15) is 9.90 Å². The van der Waals surface area contributed by atoms with Crippen LogP contribution in [0.5, 0.6) is 0 Å². The third-order valence-electron chi connectivity index (χ3n) is 4.74. The fourth-order valence-electron chi connectivity index (χ4n) is 3.18. The second-order valence-corrected chi connectivity index (χ2v) is 6.06. The summed E-state index contributed by atoms with van der Waals surface area (Å²) in [5, 5.41) is 10.2. The number of allylic oxidation sites excluding steroid dienone is 1. The molecule has 0 aromatic carbocycles. The van der Waals surface area contributed by atoms with Crippen molar-refractivity contribution in [2.75, 3.05) is 0 Å². The van der Waals surface area contributed by atoms with Crippen LogP contribution in [0.1, 0.15) is 33.1 Å². The number of epoxide rings is 1. The molecule has 0 bridgehead atoms. The van der Waals surface area contributed by atoms with E-state index in [4.69, 9.17) is 9.47 Å². The maximum absolute atomic E-state index is 11.7. The maximum atomic E-state index is 11.7. The lowest BCUT2D eigenvalue weighted by atomic mass is 9.83. The van der Waals surface area contributed by atoms with Gasteiger partial charge in [0.2, 0.25) is 0 Å². The summed E-state index contributed by atoms with van der Waals surface area (Å²) in [6.45, 7) is 7.79. The Kier molecular flexibility index (Phi) is 2.84. The van der Waals surface area contributed by atoms with Gasteiger partial charge in [-0.15, -0.1) is 0 Å². The zero-order valence-electron chi connectivity index (χ0n) is 11.4. The highest BCUT2D eigenvalue weighted by Crippen LogP contribution is 2.49. The minimum atomic E-state index is -0.595. The first kappa shape index (κ1) is 12.9. The largest absolute Gasteiger partial charge is 0.455 e. The normalized spacial score (nSPS) is 48.7. The van der Waals surface area contributed by atoms with Crippen molar-refractivity contribution in [1.29, 1.82) is 0 Å². The lowest BCUT2D eigenvalue weighted by Crippen LogP contribution is -2.36. The first-order valence-corrected chi connectivity index (χ1v) is 6.85. The predicted octanol–water partition coefficient (Wildman–Crippen LogP) is 1.73. The summed E-state index contributed by atoms with van der Waals surface area (Å²) in [6, 6.07) is 0. The van der Waals surface area contributed by atoms with Crippen LogP contribution in [-0.4, -0.2) is 35.0 Å². The first-order valence-electron chi connectivity index (χ1n) is 6.85. The second-order valence-electron chi connectivity index (χ2n) is 6.06. The minimum Gasteiger partial charge on any atom is -0.455 e. The van der Waals surface area contributed by atoms with Gasteiger partial charge in [-0.05, 0) is 33.1 Å². The molecule has 0 aromatic heterocycles. The number of esters is 1. The molecule has 2 heterocycles. The summed E-state index contributed by atoms with van der Waals surface area (Å²) < 4.78 is 11.1. The number of fused-ring (bicyclic) bond motifs is 3. The number of hydrogen-bond acceptors (Lipinski definition) is 4. The monoisotopic (exact) mass is 264 g/mol. The Hall–Kier alpha value is -1.13. The van der Waals surface area contributed by atoms with Crippen molar-refractivity contribution in [3.8, 4) is 0 Å². The molecule has 1 aliphatic carbocycles. The van der Waals surface area contributed by atoms with E-state index in [1.807, 2.05) is 6.92 Å². The van der Waals surface area contributed by atoms with Gasteiger partial charge >= 0.3 is 5.97 Å². The molecule has 1 N–H and O–H groups in total. The van der Waals surface area contributed by atoms with Crippen LogP contribution in [0.25, 0.3) is 0 Å². The molecule has 5 atom stereocenters. The van der Waals surface area contributed by atoms with E-state index < -0.39 is 11.7 Å². The van der Waals surface area contributed by atoms with Gasteiger partial charge in [0, 0.05) is 11.5 Å². The zero-order valence-corrected chi connectivity index (χ0v) is 11.4. The van der Waals surface area contributed by atoms with Gasteiger partial charge in [0.05, 0.1) is 6.10 Å². The summed E-state index contributed by atoms with van der Waals surface area (Å²) in [7, 11) is 0. The van der Waals surface area contributed by atoms with Crippen LogP contribution in [0.15, 0.2) is 23.8 Å². The molecule has 3 rings (SSSR count). The number of carbonyl (C=O) groups excluding carboxylic acids is 1. The third kappa shape index (κ3) is 1.94. The van der Waals surface area contributed by atoms with Crippen LogP contribution in [0.3, 0.4) is 0 Å². The molecule has 2 aliphatic heterocycles. The number of hydrogen-bond donors (Lipinski definition) is 1. The number of carbonyl (C=O) groups is 1. The van der Waals surface area contributed by atoms with Crippen LogP contribution in [-0.2, 0) is 14.3 Å². The van der Waals surface area contributed by atoms with Gasteiger partial charge in [-0.25, -0.2) is 4.79 Å². The summed E-state index contributed by atoms with van der Waals surface area (Å²) in [4.78, 5) is 11.7. The molecule has 0 aromatic rings. The highest BCUT2D eigenvalue weighted by Gasteiger charge is 2.65. The van der Waals surface area contributed by atoms with Crippen LogP contribution in [0.4, 0.5) is 0 Å². The molecule has 1 unspecified atom stereocenters. The van der Waals surface area contributed by atoms with Crippen molar-refractivity contribution in [2.45, 2.75) is 57.0 Å². The predicted molar refractivity (Wildman–Crippen MR) is 69.4 cm³/mol. The molecule has 4 nitrogen and oxygen atoms in total. The minimum absolute atomic E-state index is 0.00738. The molecule has 0 amide bonds. The number of rotatable bonds is 0. The highest BCUT2D eigenvalue weighted by atomic mass is 16.7. The molecule has 2 fully saturated rings. The lowest BCUT2D eigenvalue weighted by Gasteiger charge is -2.21. The highest BCUT2D eigenvalue weighted by molar-refractivity contribution is 5.91. The molecule has 2 saturated heterocycles. The van der Waals surface area contributed by atoms with Crippen molar-refractivity contribution < 1.29 is 19.4 Å². The van der Waals surface area contributed by atoms with E-state index in [0.29, 0.717) is 12.0 Å². The van der Waals surface area contributed by atoms with Crippen molar-refractivity contribution in [3.05, 3.63) is 23.8 Å². The number of ether oxygens (including phenoxy) is 2. The summed E-state index contributed by atoms with van der Waals surface area (Å²) in [5.74, 6) is -0.309. The molecule has 19 heavy (non-hydrogen) atoms. The molecule has 4 heteroatoms. The topological polar surface area (TPSA) is 59.1 Å². The maximum Gasteiger partial charge on any atom is 0.334 e. The average molecular weight is 264 g/mol. The van der Waals surface area contributed by atoms with Crippen LogP contribution >= 0.6 is 0 Å². The Bertz CT molecular complexity index is 467. The van der Waals surface area contributed by atoms with E-state index in [1.165, 1.54) is 5.57 Å². The van der Waals surface area contributed by atoms with E-state index in [-0.39, 0.29) is 24.1 Å². The first-order chi connectivity index (χ1) is 8.93. The summed E-state index contributed by atoms with van der Waals surface area (Å²) in [6.07, 6.45) is 3.35. The SMILES string of the molecule is C=C1C(=O)OC2[C@H]3O[C@]3(C)[C@@H](O)C/C=C(\C)CC[C@@H]12. The molecular formula is C15H20O4. The van der Waals surface area contributed by atoms with Crippen LogP contribution in [0.2, 0.25) is 0 Å². The Morgan fingerprint density at radius 3 is 3.00 bits per heavy atom. The fraction of sp³-hybridized carbons (Fsp3) is 0.667. The third-order valence-corrected chi connectivity index (χ3v) is 4.74. The molecule has 0 spiro atoms.